The van der Waals surface area contributed by atoms with Crippen molar-refractivity contribution in [2.75, 3.05) is 27.3 Å². The third kappa shape index (κ3) is 3.40. The number of hydrogen-bond acceptors (Lipinski definition) is 5. The van der Waals surface area contributed by atoms with Crippen molar-refractivity contribution in [3.05, 3.63) is 23.8 Å². The summed E-state index contributed by atoms with van der Waals surface area (Å²) in [4.78, 5) is 12.0. The Hall–Kier alpha value is -1.79. The van der Waals surface area contributed by atoms with E-state index in [1.807, 2.05) is 0 Å². The lowest BCUT2D eigenvalue weighted by Gasteiger charge is -2.16. The molecule has 1 aromatic carbocycles. The van der Waals surface area contributed by atoms with Crippen molar-refractivity contribution in [1.29, 1.82) is 0 Å². The van der Waals surface area contributed by atoms with Crippen molar-refractivity contribution in [2.45, 2.75) is 18.6 Å². The largest absolute Gasteiger partial charge is 0.497 e. The summed E-state index contributed by atoms with van der Waals surface area (Å²) in [5, 5.41) is 15.5. The van der Waals surface area contributed by atoms with Crippen molar-refractivity contribution < 1.29 is 19.4 Å². The summed E-state index contributed by atoms with van der Waals surface area (Å²) in [7, 11) is 3.14. The van der Waals surface area contributed by atoms with Gasteiger partial charge in [0.15, 0.2) is 0 Å². The monoisotopic (exact) mass is 280 g/mol. The Balaban J connectivity index is 2.00. The summed E-state index contributed by atoms with van der Waals surface area (Å²) in [6.45, 7) is 1.10. The molecule has 6 heteroatoms. The number of nitrogens with one attached hydrogen (secondary N) is 2. The van der Waals surface area contributed by atoms with Crippen LogP contribution in [0.25, 0.3) is 0 Å². The lowest BCUT2D eigenvalue weighted by Crippen LogP contribution is -2.43. The highest BCUT2D eigenvalue weighted by Gasteiger charge is 2.26. The van der Waals surface area contributed by atoms with Crippen LogP contribution < -0.4 is 20.1 Å². The Kier molecular flexibility index (Phi) is 4.81. The SMILES string of the molecule is COc1ccc(CC(=O)N[C@@H]2CNC[C@H]2O)c(OC)c1. The van der Waals surface area contributed by atoms with Gasteiger partial charge in [-0.05, 0) is 6.07 Å². The predicted octanol–water partition coefficient (Wildman–Crippen LogP) is -0.305. The van der Waals surface area contributed by atoms with Crippen molar-refractivity contribution >= 4 is 5.91 Å². The van der Waals surface area contributed by atoms with E-state index in [1.165, 1.54) is 0 Å². The first-order valence-corrected chi connectivity index (χ1v) is 6.53. The molecule has 6 nitrogen and oxygen atoms in total. The van der Waals surface area contributed by atoms with Gasteiger partial charge in [-0.25, -0.2) is 0 Å². The molecule has 110 valence electrons. The lowest BCUT2D eigenvalue weighted by molar-refractivity contribution is -0.121. The molecule has 1 aromatic rings. The Bertz CT molecular complexity index is 478. The fourth-order valence-electron chi connectivity index (χ4n) is 2.24. The maximum Gasteiger partial charge on any atom is 0.224 e. The second kappa shape index (κ2) is 6.58. The fraction of sp³-hybridized carbons (Fsp3) is 0.500. The number of hydrogen-bond donors (Lipinski definition) is 3. The first-order valence-electron chi connectivity index (χ1n) is 6.53. The van der Waals surface area contributed by atoms with Gasteiger partial charge in [-0.3, -0.25) is 4.79 Å². The summed E-state index contributed by atoms with van der Waals surface area (Å²) < 4.78 is 10.4. The van der Waals surface area contributed by atoms with Gasteiger partial charge in [-0.2, -0.15) is 0 Å². The van der Waals surface area contributed by atoms with Crippen LogP contribution >= 0.6 is 0 Å². The molecule has 3 N–H and O–H groups in total. The van der Waals surface area contributed by atoms with Crippen LogP contribution in [0.4, 0.5) is 0 Å². The van der Waals surface area contributed by atoms with Gasteiger partial charge >= 0.3 is 0 Å². The smallest absolute Gasteiger partial charge is 0.224 e. The molecule has 1 amide bonds. The number of β-amino-alcohol motifs (C(OH)–C–C–N with tert-alkyl or cyclic N) is 1. The minimum atomic E-state index is -0.531. The molecule has 0 bridgehead atoms. The fourth-order valence-corrected chi connectivity index (χ4v) is 2.24. The summed E-state index contributed by atoms with van der Waals surface area (Å²) in [5.41, 5.74) is 0.784. The molecule has 1 aliphatic heterocycles. The number of rotatable bonds is 5. The number of amides is 1. The molecule has 0 aliphatic carbocycles. The maximum absolute atomic E-state index is 12.0. The van der Waals surface area contributed by atoms with E-state index in [2.05, 4.69) is 10.6 Å². The molecule has 1 heterocycles. The van der Waals surface area contributed by atoms with Gasteiger partial charge < -0.3 is 25.2 Å². The number of benzene rings is 1. The lowest BCUT2D eigenvalue weighted by atomic mass is 10.1. The molecule has 1 aliphatic rings. The van der Waals surface area contributed by atoms with Crippen molar-refractivity contribution in [3.8, 4) is 11.5 Å². The Morgan fingerprint density at radius 2 is 2.20 bits per heavy atom. The van der Waals surface area contributed by atoms with E-state index < -0.39 is 6.10 Å². The highest BCUT2D eigenvalue weighted by atomic mass is 16.5. The average Bonchev–Trinajstić information content (AvgIpc) is 2.84. The molecular formula is C14H20N2O4. The third-order valence-electron chi connectivity index (χ3n) is 3.37. The number of carbonyl (C=O) groups is 1. The quantitative estimate of drug-likeness (QED) is 0.690. The van der Waals surface area contributed by atoms with E-state index in [-0.39, 0.29) is 18.4 Å². The predicted molar refractivity (Wildman–Crippen MR) is 74.1 cm³/mol. The Labute approximate surface area is 118 Å². The number of ether oxygens (including phenoxy) is 2. The van der Waals surface area contributed by atoms with Gasteiger partial charge in [0, 0.05) is 24.7 Å². The molecule has 0 radical (unpaired) electrons. The number of carbonyl (C=O) groups excluding carboxylic acids is 1. The highest BCUT2D eigenvalue weighted by molar-refractivity contribution is 5.79. The molecule has 0 saturated carbocycles. The minimum absolute atomic E-state index is 0.138. The molecule has 2 rings (SSSR count). The van der Waals surface area contributed by atoms with Crippen LogP contribution in [0.5, 0.6) is 11.5 Å². The molecule has 0 spiro atoms. The first kappa shape index (κ1) is 14.6. The van der Waals surface area contributed by atoms with Crippen LogP contribution in [0.15, 0.2) is 18.2 Å². The van der Waals surface area contributed by atoms with Gasteiger partial charge in [0.2, 0.25) is 5.91 Å². The van der Waals surface area contributed by atoms with E-state index in [0.717, 1.165) is 5.56 Å². The van der Waals surface area contributed by atoms with E-state index in [0.29, 0.717) is 24.6 Å². The first-order chi connectivity index (χ1) is 9.63. The van der Waals surface area contributed by atoms with Crippen molar-refractivity contribution in [2.24, 2.45) is 0 Å². The molecule has 20 heavy (non-hydrogen) atoms. The Morgan fingerprint density at radius 3 is 2.80 bits per heavy atom. The van der Waals surface area contributed by atoms with Gasteiger partial charge in [0.25, 0.3) is 0 Å². The molecule has 0 aromatic heterocycles. The van der Waals surface area contributed by atoms with Crippen LogP contribution in [0.2, 0.25) is 0 Å². The van der Waals surface area contributed by atoms with Crippen LogP contribution in [0.3, 0.4) is 0 Å². The average molecular weight is 280 g/mol. The van der Waals surface area contributed by atoms with E-state index in [4.69, 9.17) is 9.47 Å². The summed E-state index contributed by atoms with van der Waals surface area (Å²) in [6, 6.07) is 5.11. The summed E-state index contributed by atoms with van der Waals surface area (Å²) in [6.07, 6.45) is -0.326. The number of methoxy groups -OCH3 is 2. The molecule has 0 unspecified atom stereocenters. The zero-order valence-corrected chi connectivity index (χ0v) is 11.7. The molecule has 1 fully saturated rings. The van der Waals surface area contributed by atoms with Gasteiger partial charge in [-0.15, -0.1) is 0 Å². The van der Waals surface area contributed by atoms with Gasteiger partial charge in [-0.1, -0.05) is 6.07 Å². The van der Waals surface area contributed by atoms with E-state index >= 15 is 0 Å². The van der Waals surface area contributed by atoms with Crippen molar-refractivity contribution in [1.82, 2.24) is 10.6 Å². The minimum Gasteiger partial charge on any atom is -0.497 e. The molecule has 1 saturated heterocycles. The second-order valence-corrected chi connectivity index (χ2v) is 4.75. The van der Waals surface area contributed by atoms with Gasteiger partial charge in [0.05, 0.1) is 32.8 Å². The standard InChI is InChI=1S/C14H20N2O4/c1-19-10-4-3-9(13(6-10)20-2)5-14(18)16-11-7-15-8-12(11)17/h3-4,6,11-12,15,17H,5,7-8H2,1-2H3,(H,16,18)/t11-,12-/m1/s1. The second-order valence-electron chi connectivity index (χ2n) is 4.75. The third-order valence-corrected chi connectivity index (χ3v) is 3.37. The Morgan fingerprint density at radius 1 is 1.40 bits per heavy atom. The van der Waals surface area contributed by atoms with Crippen LogP contribution in [0.1, 0.15) is 5.56 Å². The van der Waals surface area contributed by atoms with E-state index in [9.17, 15) is 9.90 Å². The normalized spacial score (nSPS) is 21.6. The van der Waals surface area contributed by atoms with E-state index in [1.54, 1.807) is 32.4 Å². The van der Waals surface area contributed by atoms with Crippen LogP contribution in [0, 0.1) is 0 Å². The van der Waals surface area contributed by atoms with Crippen molar-refractivity contribution in [3.63, 3.8) is 0 Å². The molecule has 2 atom stereocenters. The van der Waals surface area contributed by atoms with Gasteiger partial charge in [0.1, 0.15) is 11.5 Å². The summed E-state index contributed by atoms with van der Waals surface area (Å²) >= 11 is 0. The maximum atomic E-state index is 12.0. The zero-order valence-electron chi connectivity index (χ0n) is 11.7. The van der Waals surface area contributed by atoms with Crippen LogP contribution in [-0.2, 0) is 11.2 Å². The highest BCUT2D eigenvalue weighted by Crippen LogP contribution is 2.24. The topological polar surface area (TPSA) is 79.8 Å². The molecular weight excluding hydrogens is 260 g/mol. The summed E-state index contributed by atoms with van der Waals surface area (Å²) in [5.74, 6) is 1.16. The number of aliphatic hydroxyl groups excluding tert-OH is 1. The number of aliphatic hydroxyl groups is 1. The van der Waals surface area contributed by atoms with Crippen LogP contribution in [-0.4, -0.2) is 50.5 Å². The zero-order chi connectivity index (χ0) is 14.5.